The molecular weight excluding hydrogens is 186 g/mol. The van der Waals surface area contributed by atoms with E-state index in [9.17, 15) is 9.59 Å². The Morgan fingerprint density at radius 3 is 2.79 bits per heavy atom. The first kappa shape index (κ1) is 10.8. The Kier molecular flexibility index (Phi) is 3.73. The van der Waals surface area contributed by atoms with Gasteiger partial charge in [0, 0.05) is 0 Å². The molecule has 0 N–H and O–H groups in total. The average Bonchev–Trinajstić information content (AvgIpc) is 2.96. The third-order valence-electron chi connectivity index (χ3n) is 2.04. The highest BCUT2D eigenvalue weighted by Crippen LogP contribution is 2.19. The zero-order chi connectivity index (χ0) is 10.6. The van der Waals surface area contributed by atoms with E-state index in [1.54, 1.807) is 0 Å². The van der Waals surface area contributed by atoms with E-state index < -0.39 is 12.1 Å². The van der Waals surface area contributed by atoms with Gasteiger partial charge in [-0.05, 0) is 6.42 Å². The standard InChI is InChI=1S/C9H15NO4/c1-3-4-5-14-9(12)10-6-7(10)8(11)13-2/h7H,3-6H2,1-2H3. The maximum absolute atomic E-state index is 11.2. The summed E-state index contributed by atoms with van der Waals surface area (Å²) in [6.07, 6.45) is 1.41. The van der Waals surface area contributed by atoms with Gasteiger partial charge in [0.25, 0.3) is 0 Å². The molecule has 0 spiro atoms. The number of hydrogen-bond acceptors (Lipinski definition) is 4. The summed E-state index contributed by atoms with van der Waals surface area (Å²) >= 11 is 0. The van der Waals surface area contributed by atoms with Crippen LogP contribution in [0.15, 0.2) is 0 Å². The summed E-state index contributed by atoms with van der Waals surface area (Å²) in [5.41, 5.74) is 0. The minimum atomic E-state index is -0.422. The van der Waals surface area contributed by atoms with Crippen molar-refractivity contribution in [2.24, 2.45) is 0 Å². The summed E-state index contributed by atoms with van der Waals surface area (Å²) in [6, 6.07) is -0.422. The minimum absolute atomic E-state index is 0.377. The van der Waals surface area contributed by atoms with E-state index in [-0.39, 0.29) is 5.97 Å². The Labute approximate surface area is 83.0 Å². The molecule has 1 atom stereocenters. The van der Waals surface area contributed by atoms with E-state index in [1.807, 2.05) is 6.92 Å². The molecule has 1 aliphatic heterocycles. The van der Waals surface area contributed by atoms with Gasteiger partial charge in [-0.3, -0.25) is 4.90 Å². The number of carbonyl (C=O) groups is 2. The molecule has 1 aliphatic rings. The molecule has 1 saturated heterocycles. The van der Waals surface area contributed by atoms with Crippen molar-refractivity contribution >= 4 is 12.1 Å². The van der Waals surface area contributed by atoms with Gasteiger partial charge in [0.15, 0.2) is 6.04 Å². The fourth-order valence-corrected chi connectivity index (χ4v) is 1.07. The summed E-state index contributed by atoms with van der Waals surface area (Å²) in [5, 5.41) is 0. The lowest BCUT2D eigenvalue weighted by atomic mass is 10.4. The highest BCUT2D eigenvalue weighted by Gasteiger charge is 2.46. The molecular formula is C9H15NO4. The van der Waals surface area contributed by atoms with Gasteiger partial charge < -0.3 is 9.47 Å². The molecule has 1 amide bonds. The smallest absolute Gasteiger partial charge is 0.410 e. The summed E-state index contributed by atoms with van der Waals surface area (Å²) in [4.78, 5) is 23.5. The van der Waals surface area contributed by atoms with E-state index >= 15 is 0 Å². The van der Waals surface area contributed by atoms with Crippen molar-refractivity contribution in [2.75, 3.05) is 20.3 Å². The topological polar surface area (TPSA) is 55.6 Å². The SMILES string of the molecule is CCCCOC(=O)N1CC1C(=O)OC. The number of nitrogens with zero attached hydrogens (tertiary/aromatic N) is 1. The largest absolute Gasteiger partial charge is 0.467 e. The maximum Gasteiger partial charge on any atom is 0.410 e. The predicted octanol–water partition coefficient (Wildman–Crippen LogP) is 0.780. The third kappa shape index (κ3) is 2.61. The van der Waals surface area contributed by atoms with Crippen LogP contribution >= 0.6 is 0 Å². The van der Waals surface area contributed by atoms with Crippen LogP contribution in [-0.2, 0) is 14.3 Å². The highest BCUT2D eigenvalue weighted by atomic mass is 16.6. The third-order valence-corrected chi connectivity index (χ3v) is 2.04. The predicted molar refractivity (Wildman–Crippen MR) is 48.8 cm³/mol. The van der Waals surface area contributed by atoms with Crippen molar-refractivity contribution in [3.8, 4) is 0 Å². The van der Waals surface area contributed by atoms with Crippen molar-refractivity contribution in [3.63, 3.8) is 0 Å². The second-order valence-electron chi connectivity index (χ2n) is 3.16. The van der Waals surface area contributed by atoms with Crippen LogP contribution in [0.2, 0.25) is 0 Å². The molecule has 1 fully saturated rings. The molecule has 0 aromatic heterocycles. The molecule has 14 heavy (non-hydrogen) atoms. The van der Waals surface area contributed by atoms with Crippen LogP contribution in [0.1, 0.15) is 19.8 Å². The lowest BCUT2D eigenvalue weighted by Crippen LogP contribution is -2.21. The number of unbranched alkanes of at least 4 members (excludes halogenated alkanes) is 1. The Balaban J connectivity index is 2.19. The Morgan fingerprint density at radius 1 is 1.50 bits per heavy atom. The van der Waals surface area contributed by atoms with E-state index in [0.29, 0.717) is 13.2 Å². The molecule has 0 aliphatic carbocycles. The van der Waals surface area contributed by atoms with E-state index in [2.05, 4.69) is 4.74 Å². The van der Waals surface area contributed by atoms with Crippen LogP contribution < -0.4 is 0 Å². The summed E-state index contributed by atoms with van der Waals surface area (Å²) in [5.74, 6) is -0.377. The first-order chi connectivity index (χ1) is 6.70. The number of esters is 1. The summed E-state index contributed by atoms with van der Waals surface area (Å²) in [6.45, 7) is 2.85. The van der Waals surface area contributed by atoms with Crippen molar-refractivity contribution in [2.45, 2.75) is 25.8 Å². The zero-order valence-electron chi connectivity index (χ0n) is 8.49. The second kappa shape index (κ2) is 4.83. The Hall–Kier alpha value is -1.26. The van der Waals surface area contributed by atoms with E-state index in [4.69, 9.17) is 4.74 Å². The van der Waals surface area contributed by atoms with Crippen LogP contribution in [0, 0.1) is 0 Å². The van der Waals surface area contributed by atoms with E-state index in [0.717, 1.165) is 12.8 Å². The zero-order valence-corrected chi connectivity index (χ0v) is 8.49. The lowest BCUT2D eigenvalue weighted by molar-refractivity contribution is -0.140. The van der Waals surface area contributed by atoms with Crippen molar-refractivity contribution in [3.05, 3.63) is 0 Å². The van der Waals surface area contributed by atoms with Crippen LogP contribution in [0.5, 0.6) is 0 Å². The van der Waals surface area contributed by atoms with Gasteiger partial charge in [-0.1, -0.05) is 13.3 Å². The number of methoxy groups -OCH3 is 1. The molecule has 5 nitrogen and oxygen atoms in total. The highest BCUT2D eigenvalue weighted by molar-refractivity contribution is 5.86. The molecule has 1 unspecified atom stereocenters. The minimum Gasteiger partial charge on any atom is -0.467 e. The first-order valence-electron chi connectivity index (χ1n) is 4.72. The van der Waals surface area contributed by atoms with Gasteiger partial charge >= 0.3 is 12.1 Å². The van der Waals surface area contributed by atoms with Gasteiger partial charge in [0.1, 0.15) is 0 Å². The van der Waals surface area contributed by atoms with Crippen molar-refractivity contribution < 1.29 is 19.1 Å². The van der Waals surface area contributed by atoms with Crippen molar-refractivity contribution in [1.82, 2.24) is 4.90 Å². The number of amides is 1. The lowest BCUT2D eigenvalue weighted by Gasteiger charge is -2.04. The van der Waals surface area contributed by atoms with Crippen molar-refractivity contribution in [1.29, 1.82) is 0 Å². The number of hydrogen-bond donors (Lipinski definition) is 0. The molecule has 0 radical (unpaired) electrons. The molecule has 0 aromatic rings. The number of ether oxygens (including phenoxy) is 2. The second-order valence-corrected chi connectivity index (χ2v) is 3.16. The van der Waals surface area contributed by atoms with E-state index in [1.165, 1.54) is 12.0 Å². The molecule has 0 bridgehead atoms. The number of rotatable bonds is 4. The van der Waals surface area contributed by atoms with Gasteiger partial charge in [-0.2, -0.15) is 0 Å². The fraction of sp³-hybridized carbons (Fsp3) is 0.778. The van der Waals surface area contributed by atoms with Crippen LogP contribution in [0.4, 0.5) is 4.79 Å². The summed E-state index contributed by atoms with van der Waals surface area (Å²) in [7, 11) is 1.31. The van der Waals surface area contributed by atoms with Crippen LogP contribution in [0.25, 0.3) is 0 Å². The van der Waals surface area contributed by atoms with Gasteiger partial charge in [-0.15, -0.1) is 0 Å². The Morgan fingerprint density at radius 2 is 2.21 bits per heavy atom. The van der Waals surface area contributed by atoms with Gasteiger partial charge in [0.2, 0.25) is 0 Å². The quantitative estimate of drug-likeness (QED) is 0.383. The molecule has 1 heterocycles. The van der Waals surface area contributed by atoms with Crippen LogP contribution in [0.3, 0.4) is 0 Å². The van der Waals surface area contributed by atoms with Gasteiger partial charge in [0.05, 0.1) is 20.3 Å². The molecule has 5 heteroatoms. The normalized spacial score (nSPS) is 19.0. The number of carbonyl (C=O) groups excluding carboxylic acids is 2. The fourth-order valence-electron chi connectivity index (χ4n) is 1.07. The Bertz CT molecular complexity index is 229. The molecule has 80 valence electrons. The molecule has 0 aromatic carbocycles. The summed E-state index contributed by atoms with van der Waals surface area (Å²) < 4.78 is 9.40. The average molecular weight is 201 g/mol. The van der Waals surface area contributed by atoms with Crippen LogP contribution in [-0.4, -0.2) is 43.3 Å². The monoisotopic (exact) mass is 201 g/mol. The first-order valence-corrected chi connectivity index (χ1v) is 4.72. The molecule has 0 saturated carbocycles. The molecule has 1 rings (SSSR count). The maximum atomic E-state index is 11.2. The van der Waals surface area contributed by atoms with Gasteiger partial charge in [-0.25, -0.2) is 9.59 Å².